The summed E-state index contributed by atoms with van der Waals surface area (Å²) in [6, 6.07) is 13.0. The van der Waals surface area contributed by atoms with Gasteiger partial charge >= 0.3 is 0 Å². The Labute approximate surface area is 188 Å². The van der Waals surface area contributed by atoms with E-state index in [-0.39, 0.29) is 23.9 Å². The van der Waals surface area contributed by atoms with Gasteiger partial charge in [0.15, 0.2) is 11.5 Å². The average Bonchev–Trinajstić information content (AvgIpc) is 3.59. The van der Waals surface area contributed by atoms with Gasteiger partial charge in [-0.3, -0.25) is 24.4 Å². The van der Waals surface area contributed by atoms with Crippen LogP contribution in [-0.4, -0.2) is 43.7 Å². The third-order valence-corrected chi connectivity index (χ3v) is 5.30. The molecule has 0 radical (unpaired) electrons. The molecule has 9 heteroatoms. The molecule has 9 nitrogen and oxygen atoms in total. The number of pyridine rings is 1. The van der Waals surface area contributed by atoms with Crippen LogP contribution in [0.25, 0.3) is 22.0 Å². The van der Waals surface area contributed by atoms with Gasteiger partial charge in [0.05, 0.1) is 18.3 Å². The molecular weight excluding hydrogens is 420 g/mol. The second-order valence-electron chi connectivity index (χ2n) is 7.57. The summed E-state index contributed by atoms with van der Waals surface area (Å²) in [5, 5.41) is 14.8. The van der Waals surface area contributed by atoms with E-state index in [0.29, 0.717) is 18.0 Å². The lowest BCUT2D eigenvalue weighted by Crippen LogP contribution is -2.16. The number of nitrogens with zero attached hydrogens (tertiary/aromatic N) is 4. The number of benzene rings is 1. The first kappa shape index (κ1) is 20.4. The molecule has 1 aromatic carbocycles. The number of furan rings is 1. The van der Waals surface area contributed by atoms with Gasteiger partial charge in [-0.1, -0.05) is 12.1 Å². The molecule has 2 N–H and O–H groups in total. The minimum Gasteiger partial charge on any atom is -0.454 e. The van der Waals surface area contributed by atoms with Crippen molar-refractivity contribution in [2.24, 2.45) is 0 Å². The average molecular weight is 440 g/mol. The lowest BCUT2D eigenvalue weighted by Gasteiger charge is -2.01. The molecule has 164 valence electrons. The number of amides is 1. The molecule has 0 aliphatic carbocycles. The van der Waals surface area contributed by atoms with Gasteiger partial charge in [0.1, 0.15) is 11.5 Å². The van der Waals surface area contributed by atoms with Crippen LogP contribution in [0.15, 0.2) is 71.7 Å². The minimum absolute atomic E-state index is 0.102. The molecule has 0 bridgehead atoms. The molecule has 0 fully saturated rings. The number of carbonyl (C=O) groups is 2. The number of rotatable bonds is 7. The first-order chi connectivity index (χ1) is 16.1. The number of carbonyl (C=O) groups excluding carboxylic acids is 2. The number of aromatic nitrogens is 5. The Bertz CT molecular complexity index is 1450. The van der Waals surface area contributed by atoms with Crippen molar-refractivity contribution in [1.29, 1.82) is 0 Å². The Hall–Kier alpha value is -4.53. The van der Waals surface area contributed by atoms with Crippen molar-refractivity contribution >= 4 is 22.6 Å². The van der Waals surface area contributed by atoms with Crippen LogP contribution in [-0.2, 0) is 13.0 Å². The fourth-order valence-corrected chi connectivity index (χ4v) is 3.67. The zero-order valence-corrected chi connectivity index (χ0v) is 17.8. The summed E-state index contributed by atoms with van der Waals surface area (Å²) in [6.07, 6.45) is 7.13. The third kappa shape index (κ3) is 4.16. The predicted molar refractivity (Wildman–Crippen MR) is 121 cm³/mol. The second-order valence-corrected chi connectivity index (χ2v) is 7.57. The monoisotopic (exact) mass is 440 g/mol. The van der Waals surface area contributed by atoms with Gasteiger partial charge in [-0.15, -0.1) is 0 Å². The number of fused-ring (bicyclic) bond motifs is 1. The summed E-state index contributed by atoms with van der Waals surface area (Å²) in [5.74, 6) is 0.450. The lowest BCUT2D eigenvalue weighted by molar-refractivity contribution is 0.0932. The zero-order chi connectivity index (χ0) is 22.8. The van der Waals surface area contributed by atoms with Crippen molar-refractivity contribution in [1.82, 2.24) is 30.3 Å². The zero-order valence-electron chi connectivity index (χ0n) is 17.8. The first-order valence-electron chi connectivity index (χ1n) is 10.3. The van der Waals surface area contributed by atoms with E-state index in [1.807, 2.05) is 30.3 Å². The van der Waals surface area contributed by atoms with E-state index in [0.717, 1.165) is 27.6 Å². The Morgan fingerprint density at radius 1 is 1.12 bits per heavy atom. The Morgan fingerprint density at radius 2 is 2.03 bits per heavy atom. The van der Waals surface area contributed by atoms with E-state index < -0.39 is 0 Å². The number of aromatic amines is 1. The molecule has 0 saturated heterocycles. The molecule has 1 amide bonds. The van der Waals surface area contributed by atoms with E-state index in [4.69, 9.17) is 4.42 Å². The minimum atomic E-state index is -0.285. The molecule has 5 rings (SSSR count). The van der Waals surface area contributed by atoms with Crippen LogP contribution in [0.3, 0.4) is 0 Å². The van der Waals surface area contributed by atoms with Crippen molar-refractivity contribution in [2.75, 3.05) is 7.05 Å². The highest BCUT2D eigenvalue weighted by Crippen LogP contribution is 2.25. The molecule has 0 aliphatic rings. The fourth-order valence-electron chi connectivity index (χ4n) is 3.67. The number of hydrogen-bond donors (Lipinski definition) is 2. The van der Waals surface area contributed by atoms with Gasteiger partial charge in [0.2, 0.25) is 0 Å². The van der Waals surface area contributed by atoms with Gasteiger partial charge < -0.3 is 9.73 Å². The highest BCUT2D eigenvalue weighted by molar-refractivity contribution is 6.07. The summed E-state index contributed by atoms with van der Waals surface area (Å²) in [7, 11) is 1.55. The van der Waals surface area contributed by atoms with Crippen molar-refractivity contribution in [2.45, 2.75) is 13.0 Å². The SMILES string of the molecule is CNC(=O)c1ccc(Cn2cc(CC(=O)c3n[nH]c4cc(-c5cccnc5)ccc34)cn2)o1. The van der Waals surface area contributed by atoms with Gasteiger partial charge in [0, 0.05) is 43.0 Å². The molecule has 0 saturated carbocycles. The molecule has 0 aliphatic heterocycles. The van der Waals surface area contributed by atoms with Crippen molar-refractivity contribution < 1.29 is 14.0 Å². The lowest BCUT2D eigenvalue weighted by atomic mass is 10.0. The normalized spacial score (nSPS) is 11.1. The third-order valence-electron chi connectivity index (χ3n) is 5.30. The van der Waals surface area contributed by atoms with Crippen molar-refractivity contribution in [3.63, 3.8) is 0 Å². The quantitative estimate of drug-likeness (QED) is 0.375. The first-order valence-corrected chi connectivity index (χ1v) is 10.3. The van der Waals surface area contributed by atoms with E-state index in [1.54, 1.807) is 48.6 Å². The van der Waals surface area contributed by atoms with Crippen LogP contribution in [0.2, 0.25) is 0 Å². The standard InChI is InChI=1S/C24H20N6O3/c1-25-24(32)22-7-5-18(33-22)14-30-13-15(11-27-30)9-21(31)23-19-6-4-16(10-20(19)28-29-23)17-3-2-8-26-12-17/h2-8,10-13H,9,14H2,1H3,(H,25,32)(H,28,29). The summed E-state index contributed by atoms with van der Waals surface area (Å²) >= 11 is 0. The molecular formula is C24H20N6O3. The summed E-state index contributed by atoms with van der Waals surface area (Å²) in [4.78, 5) is 28.7. The van der Waals surface area contributed by atoms with Crippen LogP contribution >= 0.6 is 0 Å². The van der Waals surface area contributed by atoms with Crippen LogP contribution < -0.4 is 5.32 Å². The summed E-state index contributed by atoms with van der Waals surface area (Å²) in [5.41, 5.74) is 3.95. The van der Waals surface area contributed by atoms with Crippen molar-refractivity contribution in [3.8, 4) is 11.1 Å². The van der Waals surface area contributed by atoms with E-state index in [9.17, 15) is 9.59 Å². The van der Waals surface area contributed by atoms with Crippen LogP contribution in [0.5, 0.6) is 0 Å². The number of H-pyrrole nitrogens is 1. The molecule has 4 heterocycles. The maximum Gasteiger partial charge on any atom is 0.286 e. The molecule has 0 atom stereocenters. The Kier molecular flexibility index (Phi) is 5.27. The van der Waals surface area contributed by atoms with E-state index in [2.05, 4.69) is 25.6 Å². The van der Waals surface area contributed by atoms with E-state index >= 15 is 0 Å². The smallest absolute Gasteiger partial charge is 0.286 e. The predicted octanol–water partition coefficient (Wildman–Crippen LogP) is 3.25. The summed E-state index contributed by atoms with van der Waals surface area (Å²) < 4.78 is 7.19. The highest BCUT2D eigenvalue weighted by Gasteiger charge is 2.17. The van der Waals surface area contributed by atoms with Crippen LogP contribution in [0, 0.1) is 0 Å². The van der Waals surface area contributed by atoms with E-state index in [1.165, 1.54) is 0 Å². The Balaban J connectivity index is 1.29. The number of hydrogen-bond acceptors (Lipinski definition) is 6. The van der Waals surface area contributed by atoms with Crippen molar-refractivity contribution in [3.05, 3.63) is 90.0 Å². The maximum atomic E-state index is 12.9. The molecule has 5 aromatic rings. The molecule has 0 unspecified atom stereocenters. The van der Waals surface area contributed by atoms with Crippen LogP contribution in [0.4, 0.5) is 0 Å². The largest absolute Gasteiger partial charge is 0.454 e. The van der Waals surface area contributed by atoms with Gasteiger partial charge in [0.25, 0.3) is 5.91 Å². The Morgan fingerprint density at radius 3 is 2.85 bits per heavy atom. The van der Waals surface area contributed by atoms with Gasteiger partial charge in [-0.05, 0) is 41.5 Å². The number of Topliss-reactive ketones (excluding diaryl/α,β-unsaturated/α-hetero) is 1. The highest BCUT2D eigenvalue weighted by atomic mass is 16.4. The fraction of sp³-hybridized carbons (Fsp3) is 0.125. The van der Waals surface area contributed by atoms with Crippen LogP contribution in [0.1, 0.15) is 32.4 Å². The van der Waals surface area contributed by atoms with Gasteiger partial charge in [-0.2, -0.15) is 10.2 Å². The second kappa shape index (κ2) is 8.54. The number of ketones is 1. The van der Waals surface area contributed by atoms with Gasteiger partial charge in [-0.25, -0.2) is 0 Å². The summed E-state index contributed by atoms with van der Waals surface area (Å²) in [6.45, 7) is 0.355. The number of nitrogens with one attached hydrogen (secondary N) is 2. The maximum absolute atomic E-state index is 12.9. The molecule has 0 spiro atoms. The topological polar surface area (TPSA) is 119 Å². The molecule has 4 aromatic heterocycles. The molecule has 33 heavy (non-hydrogen) atoms.